The fourth-order valence-electron chi connectivity index (χ4n) is 3.65. The second-order valence-corrected chi connectivity index (χ2v) is 6.52. The van der Waals surface area contributed by atoms with Crippen molar-refractivity contribution in [2.75, 3.05) is 0 Å². The molecule has 1 aromatic rings. The highest BCUT2D eigenvalue weighted by molar-refractivity contribution is 5.78. The molecule has 1 N–H and O–H groups in total. The monoisotopic (exact) mass is 318 g/mol. The number of fused-ring (bicyclic) bond motifs is 2. The summed E-state index contributed by atoms with van der Waals surface area (Å²) < 4.78 is 0. The molecule has 0 saturated carbocycles. The topological polar surface area (TPSA) is 20.2 Å². The van der Waals surface area contributed by atoms with E-state index >= 15 is 0 Å². The lowest BCUT2D eigenvalue weighted by molar-refractivity contribution is 0.210. The predicted molar refractivity (Wildman–Crippen MR) is 103 cm³/mol. The van der Waals surface area contributed by atoms with Gasteiger partial charge in [0.15, 0.2) is 0 Å². The molecule has 1 unspecified atom stereocenters. The summed E-state index contributed by atoms with van der Waals surface area (Å²) >= 11 is 0. The quantitative estimate of drug-likeness (QED) is 0.773. The second-order valence-electron chi connectivity index (χ2n) is 6.52. The minimum atomic E-state index is -0.405. The predicted octanol–water partition coefficient (Wildman–Crippen LogP) is 5.56. The Morgan fingerprint density at radius 3 is 2.50 bits per heavy atom. The lowest BCUT2D eigenvalue weighted by atomic mass is 9.90. The number of allylic oxidation sites excluding steroid dienone is 3. The summed E-state index contributed by atoms with van der Waals surface area (Å²) in [6.07, 6.45) is 8.80. The van der Waals surface area contributed by atoms with E-state index < -0.39 is 6.10 Å². The standard InChI is InChI=1S/C23H26O/c1-4-19-20-11-9-7-6-8-10-18-13-12-17(14-21(20)16(18)3)15-22(19)23(24)5-2/h6-13,15,23-24H,4-5,14H2,1-3H3. The maximum absolute atomic E-state index is 10.6. The summed E-state index contributed by atoms with van der Waals surface area (Å²) in [6.45, 7) is 6.45. The first-order valence-electron chi connectivity index (χ1n) is 8.91. The summed E-state index contributed by atoms with van der Waals surface area (Å²) in [5, 5.41) is 10.6. The van der Waals surface area contributed by atoms with Crippen LogP contribution in [0.15, 0.2) is 59.7 Å². The molecule has 0 aromatic heterocycles. The van der Waals surface area contributed by atoms with Gasteiger partial charge in [0, 0.05) is 0 Å². The SMILES string of the molecule is CCC1=C(C(O)CC)C=C2C=Cc3ccccccc1c(c3C)C2. The maximum atomic E-state index is 10.6. The van der Waals surface area contributed by atoms with E-state index in [9.17, 15) is 5.11 Å². The van der Waals surface area contributed by atoms with Crippen LogP contribution < -0.4 is 0 Å². The molecule has 0 saturated heterocycles. The maximum Gasteiger partial charge on any atom is 0.0790 e. The van der Waals surface area contributed by atoms with E-state index in [4.69, 9.17) is 0 Å². The number of rotatable bonds is 3. The molecule has 0 radical (unpaired) electrons. The van der Waals surface area contributed by atoms with E-state index in [-0.39, 0.29) is 0 Å². The van der Waals surface area contributed by atoms with Gasteiger partial charge in [-0.15, -0.1) is 0 Å². The minimum Gasteiger partial charge on any atom is -0.388 e. The Labute approximate surface area is 145 Å². The van der Waals surface area contributed by atoms with Crippen molar-refractivity contribution in [3.63, 3.8) is 0 Å². The van der Waals surface area contributed by atoms with E-state index in [2.05, 4.69) is 68.5 Å². The van der Waals surface area contributed by atoms with Gasteiger partial charge in [-0.2, -0.15) is 0 Å². The van der Waals surface area contributed by atoms with Crippen molar-refractivity contribution in [2.45, 2.75) is 46.1 Å². The molecule has 1 atom stereocenters. The van der Waals surface area contributed by atoms with Crippen LogP contribution in [0.1, 0.15) is 48.9 Å². The first-order chi connectivity index (χ1) is 11.7. The lowest BCUT2D eigenvalue weighted by Crippen LogP contribution is -2.09. The van der Waals surface area contributed by atoms with Gasteiger partial charge in [0.05, 0.1) is 6.10 Å². The van der Waals surface area contributed by atoms with Crippen molar-refractivity contribution in [3.8, 4) is 0 Å². The van der Waals surface area contributed by atoms with Crippen LogP contribution in [0.25, 0.3) is 11.6 Å². The van der Waals surface area contributed by atoms with Gasteiger partial charge < -0.3 is 5.11 Å². The first-order valence-corrected chi connectivity index (χ1v) is 8.91. The molecule has 3 bridgehead atoms. The first kappa shape index (κ1) is 16.7. The van der Waals surface area contributed by atoms with Crippen LogP contribution in [0.3, 0.4) is 0 Å². The Bertz CT molecular complexity index is 792. The van der Waals surface area contributed by atoms with Gasteiger partial charge in [-0.25, -0.2) is 0 Å². The van der Waals surface area contributed by atoms with Gasteiger partial charge in [0.25, 0.3) is 0 Å². The summed E-state index contributed by atoms with van der Waals surface area (Å²) in [5.74, 6) is 0. The smallest absolute Gasteiger partial charge is 0.0790 e. The van der Waals surface area contributed by atoms with Crippen molar-refractivity contribution in [1.29, 1.82) is 0 Å². The summed E-state index contributed by atoms with van der Waals surface area (Å²) in [7, 11) is 0. The molecule has 124 valence electrons. The third-order valence-corrected chi connectivity index (χ3v) is 5.05. The summed E-state index contributed by atoms with van der Waals surface area (Å²) in [5.41, 5.74) is 8.90. The van der Waals surface area contributed by atoms with Crippen LogP contribution in [0, 0.1) is 6.92 Å². The normalized spacial score (nSPS) is 16.2. The van der Waals surface area contributed by atoms with Crippen molar-refractivity contribution < 1.29 is 5.11 Å². The van der Waals surface area contributed by atoms with E-state index in [0.717, 1.165) is 24.8 Å². The van der Waals surface area contributed by atoms with Gasteiger partial charge in [-0.05, 0) is 65.2 Å². The van der Waals surface area contributed by atoms with Gasteiger partial charge in [0.2, 0.25) is 0 Å². The molecule has 0 fully saturated rings. The van der Waals surface area contributed by atoms with Crippen LogP contribution >= 0.6 is 0 Å². The van der Waals surface area contributed by atoms with E-state index in [0.29, 0.717) is 0 Å². The molecular weight excluding hydrogens is 292 g/mol. The Morgan fingerprint density at radius 2 is 1.79 bits per heavy atom. The molecular formula is C23H26O. The molecule has 0 spiro atoms. The second kappa shape index (κ2) is 7.19. The van der Waals surface area contributed by atoms with Crippen molar-refractivity contribution in [3.05, 3.63) is 82.0 Å². The average molecular weight is 318 g/mol. The molecule has 24 heavy (non-hydrogen) atoms. The third-order valence-electron chi connectivity index (χ3n) is 5.05. The number of aliphatic hydroxyl groups excluding tert-OH is 1. The highest BCUT2D eigenvalue weighted by Crippen LogP contribution is 2.36. The zero-order valence-corrected chi connectivity index (χ0v) is 14.8. The van der Waals surface area contributed by atoms with E-state index in [1.165, 1.54) is 33.4 Å². The van der Waals surface area contributed by atoms with Gasteiger partial charge in [-0.1, -0.05) is 68.5 Å². The molecule has 0 amide bonds. The lowest BCUT2D eigenvalue weighted by Gasteiger charge is -2.17. The van der Waals surface area contributed by atoms with Crippen molar-refractivity contribution >= 4 is 11.6 Å². The Morgan fingerprint density at radius 1 is 1.04 bits per heavy atom. The van der Waals surface area contributed by atoms with Crippen LogP contribution in [-0.4, -0.2) is 11.2 Å². The van der Waals surface area contributed by atoms with Gasteiger partial charge in [-0.3, -0.25) is 0 Å². The van der Waals surface area contributed by atoms with Crippen LogP contribution in [0.4, 0.5) is 0 Å². The summed E-state index contributed by atoms with van der Waals surface area (Å²) in [4.78, 5) is 0. The molecule has 2 aliphatic carbocycles. The number of hydrogen-bond acceptors (Lipinski definition) is 1. The van der Waals surface area contributed by atoms with Crippen LogP contribution in [-0.2, 0) is 6.42 Å². The van der Waals surface area contributed by atoms with Crippen LogP contribution in [0.5, 0.6) is 0 Å². The molecule has 2 aliphatic rings. The molecule has 1 heteroatoms. The molecule has 3 rings (SSSR count). The fourth-order valence-corrected chi connectivity index (χ4v) is 3.65. The van der Waals surface area contributed by atoms with Crippen LogP contribution in [0.2, 0.25) is 0 Å². The molecule has 0 heterocycles. The Balaban J connectivity index is 2.45. The Hall–Kier alpha value is -2.12. The summed E-state index contributed by atoms with van der Waals surface area (Å²) in [6, 6.07) is 12.7. The molecule has 1 aromatic carbocycles. The highest BCUT2D eigenvalue weighted by Gasteiger charge is 2.21. The highest BCUT2D eigenvalue weighted by atomic mass is 16.3. The number of aliphatic hydroxyl groups is 1. The average Bonchev–Trinajstić information content (AvgIpc) is 2.84. The van der Waals surface area contributed by atoms with Crippen molar-refractivity contribution in [2.24, 2.45) is 0 Å². The van der Waals surface area contributed by atoms with Gasteiger partial charge >= 0.3 is 0 Å². The zero-order chi connectivity index (χ0) is 17.1. The third kappa shape index (κ3) is 3.09. The van der Waals surface area contributed by atoms with E-state index in [1.807, 2.05) is 6.92 Å². The van der Waals surface area contributed by atoms with E-state index in [1.54, 1.807) is 0 Å². The molecule has 0 aliphatic heterocycles. The van der Waals surface area contributed by atoms with Crippen molar-refractivity contribution in [1.82, 2.24) is 0 Å². The largest absolute Gasteiger partial charge is 0.388 e. The zero-order valence-electron chi connectivity index (χ0n) is 14.8. The van der Waals surface area contributed by atoms with Gasteiger partial charge in [0.1, 0.15) is 0 Å². The fraction of sp³-hybridized carbons (Fsp3) is 0.304. The number of hydrogen-bond donors (Lipinski definition) is 1. The Kier molecular flexibility index (Phi) is 5.01. The minimum absolute atomic E-state index is 0.405. The molecule has 1 nitrogen and oxygen atoms in total.